The van der Waals surface area contributed by atoms with E-state index in [2.05, 4.69) is 77.9 Å². The van der Waals surface area contributed by atoms with Gasteiger partial charge in [-0.3, -0.25) is 0 Å². The molecular formula is C42H45O4P. The Bertz CT molecular complexity index is 1890. The summed E-state index contributed by atoms with van der Waals surface area (Å²) in [6.45, 7) is 12.8. The van der Waals surface area contributed by atoms with Gasteiger partial charge in [-0.25, -0.2) is 0 Å². The summed E-state index contributed by atoms with van der Waals surface area (Å²) < 4.78 is 36.3. The second-order valence-electron chi connectivity index (χ2n) is 12.0. The van der Waals surface area contributed by atoms with Crippen LogP contribution < -0.4 is 13.6 Å². The van der Waals surface area contributed by atoms with Crippen molar-refractivity contribution in [3.05, 3.63) is 124 Å². The number of hydrogen-bond donors (Lipinski definition) is 0. The number of rotatable bonds is 12. The third kappa shape index (κ3) is 6.12. The van der Waals surface area contributed by atoms with Crippen LogP contribution in [0.5, 0.6) is 17.2 Å². The van der Waals surface area contributed by atoms with E-state index in [9.17, 15) is 0 Å². The number of phosphoric ester groups is 1. The van der Waals surface area contributed by atoms with Gasteiger partial charge in [0.05, 0.1) is 0 Å². The molecule has 0 atom stereocenters. The Balaban J connectivity index is 1.65. The topological polar surface area (TPSA) is 44.8 Å². The molecule has 0 spiro atoms. The van der Waals surface area contributed by atoms with Crippen LogP contribution in [0.2, 0.25) is 0 Å². The van der Waals surface area contributed by atoms with Crippen LogP contribution in [0.15, 0.2) is 91.0 Å². The van der Waals surface area contributed by atoms with Crippen molar-refractivity contribution in [2.75, 3.05) is 0 Å². The molecule has 0 aliphatic heterocycles. The molecule has 0 aliphatic carbocycles. The minimum atomic E-state index is -4.41. The zero-order valence-corrected chi connectivity index (χ0v) is 29.4. The maximum atomic E-state index is 15.8. The molecule has 0 bridgehead atoms. The number of aryl methyl sites for hydroxylation is 3. The lowest BCUT2D eigenvalue weighted by molar-refractivity contribution is 0.299. The molecule has 6 rings (SSSR count). The van der Waals surface area contributed by atoms with Gasteiger partial charge in [0.1, 0.15) is 17.2 Å². The smallest absolute Gasteiger partial charge is 0.385 e. The van der Waals surface area contributed by atoms with Crippen LogP contribution >= 0.6 is 7.82 Å². The molecule has 0 saturated carbocycles. The van der Waals surface area contributed by atoms with E-state index in [0.717, 1.165) is 85.0 Å². The van der Waals surface area contributed by atoms with Crippen molar-refractivity contribution in [2.45, 2.75) is 80.1 Å². The third-order valence-corrected chi connectivity index (χ3v) is 10.6. The number of phosphoric acid groups is 1. The number of fused-ring (bicyclic) bond motifs is 3. The van der Waals surface area contributed by atoms with E-state index in [1.807, 2.05) is 54.6 Å². The van der Waals surface area contributed by atoms with E-state index >= 15 is 4.57 Å². The van der Waals surface area contributed by atoms with Crippen molar-refractivity contribution in [3.63, 3.8) is 0 Å². The molecule has 0 radical (unpaired) electrons. The Morgan fingerprint density at radius 2 is 0.702 bits per heavy atom. The second-order valence-corrected chi connectivity index (χ2v) is 13.5. The van der Waals surface area contributed by atoms with Crippen LogP contribution in [0, 0.1) is 0 Å². The summed E-state index contributed by atoms with van der Waals surface area (Å²) >= 11 is 0. The maximum Gasteiger partial charge on any atom is 0.647 e. The van der Waals surface area contributed by atoms with Crippen LogP contribution in [0.25, 0.3) is 32.3 Å². The molecule has 0 heterocycles. The maximum absolute atomic E-state index is 15.8. The second kappa shape index (κ2) is 13.8. The van der Waals surface area contributed by atoms with Crippen LogP contribution in [-0.4, -0.2) is 0 Å². The van der Waals surface area contributed by atoms with Gasteiger partial charge in [0.15, 0.2) is 0 Å². The van der Waals surface area contributed by atoms with Crippen LogP contribution in [0.4, 0.5) is 0 Å². The SMILES string of the molecule is CCc1cc2ccccc2c(OP(=O)(Oc2c(CC)c(CC)cc3ccccc23)Oc2c(CC)c(CC)cc3ccccc23)c1CC. The molecule has 0 amide bonds. The molecule has 0 saturated heterocycles. The third-order valence-electron chi connectivity index (χ3n) is 9.40. The Hall–Kier alpha value is -4.27. The molecule has 6 aromatic rings. The molecule has 242 valence electrons. The first-order chi connectivity index (χ1) is 22.9. The largest absolute Gasteiger partial charge is 0.647 e. The highest BCUT2D eigenvalue weighted by molar-refractivity contribution is 7.49. The lowest BCUT2D eigenvalue weighted by Crippen LogP contribution is -2.13. The molecule has 0 aliphatic rings. The van der Waals surface area contributed by atoms with E-state index in [1.165, 1.54) is 0 Å². The fourth-order valence-electron chi connectivity index (χ4n) is 7.05. The lowest BCUT2D eigenvalue weighted by Gasteiger charge is -2.26. The van der Waals surface area contributed by atoms with Crippen molar-refractivity contribution in [2.24, 2.45) is 0 Å². The summed E-state index contributed by atoms with van der Waals surface area (Å²) in [5.74, 6) is 1.69. The standard InChI is InChI=1S/C42H45O4P/c1-7-28-25-31-19-13-16-22-37(31)40(34(28)10-4)44-47(43,45-41-35(11-5)29(8-2)26-32-20-14-17-23-38(32)41)46-42-36(12-6)30(9-3)27-33-21-15-18-24-39(33)42/h13-27H,7-12H2,1-6H3. The summed E-state index contributed by atoms with van der Waals surface area (Å²) in [6.07, 6.45) is 4.61. The van der Waals surface area contributed by atoms with E-state index in [0.29, 0.717) is 36.5 Å². The Morgan fingerprint density at radius 3 is 0.957 bits per heavy atom. The van der Waals surface area contributed by atoms with Gasteiger partial charge in [-0.1, -0.05) is 133 Å². The summed E-state index contributed by atoms with van der Waals surface area (Å²) in [5, 5.41) is 5.76. The fraction of sp³-hybridized carbons (Fsp3) is 0.286. The number of benzene rings is 6. The zero-order valence-electron chi connectivity index (χ0n) is 28.5. The first-order valence-corrected chi connectivity index (χ1v) is 18.6. The van der Waals surface area contributed by atoms with E-state index < -0.39 is 7.82 Å². The first-order valence-electron chi connectivity index (χ1n) is 17.2. The Labute approximate surface area is 279 Å². The van der Waals surface area contributed by atoms with Crippen LogP contribution in [-0.2, 0) is 43.1 Å². The van der Waals surface area contributed by atoms with Gasteiger partial charge in [0.2, 0.25) is 0 Å². The lowest BCUT2D eigenvalue weighted by atomic mass is 9.96. The minimum absolute atomic E-state index is 0.564. The quantitative estimate of drug-likeness (QED) is 0.124. The molecule has 5 heteroatoms. The van der Waals surface area contributed by atoms with Crippen molar-refractivity contribution >= 4 is 40.1 Å². The van der Waals surface area contributed by atoms with Gasteiger partial charge < -0.3 is 13.6 Å². The van der Waals surface area contributed by atoms with Crippen molar-refractivity contribution in [1.82, 2.24) is 0 Å². The van der Waals surface area contributed by atoms with Gasteiger partial charge in [-0.2, -0.15) is 4.57 Å². The van der Waals surface area contributed by atoms with Crippen molar-refractivity contribution in [3.8, 4) is 17.2 Å². The Kier molecular flexibility index (Phi) is 9.62. The molecular weight excluding hydrogens is 599 g/mol. The van der Waals surface area contributed by atoms with Crippen LogP contribution in [0.3, 0.4) is 0 Å². The van der Waals surface area contributed by atoms with Gasteiger partial charge in [0, 0.05) is 16.2 Å². The highest BCUT2D eigenvalue weighted by Crippen LogP contribution is 2.56. The summed E-state index contributed by atoms with van der Waals surface area (Å²) in [7, 11) is -4.41. The van der Waals surface area contributed by atoms with Gasteiger partial charge in [0.25, 0.3) is 0 Å². The average molecular weight is 645 g/mol. The molecule has 47 heavy (non-hydrogen) atoms. The fourth-order valence-corrected chi connectivity index (χ4v) is 8.46. The Morgan fingerprint density at radius 1 is 0.426 bits per heavy atom. The van der Waals surface area contributed by atoms with Gasteiger partial charge in [-0.05, 0) is 88.1 Å². The normalized spacial score (nSPS) is 11.8. The molecule has 4 nitrogen and oxygen atoms in total. The van der Waals surface area contributed by atoms with Gasteiger partial charge in [-0.15, -0.1) is 0 Å². The summed E-state index contributed by atoms with van der Waals surface area (Å²) in [5.41, 5.74) is 6.53. The number of hydrogen-bond acceptors (Lipinski definition) is 4. The average Bonchev–Trinajstić information content (AvgIpc) is 3.10. The van der Waals surface area contributed by atoms with E-state index in [1.54, 1.807) is 0 Å². The molecule has 6 aromatic carbocycles. The summed E-state index contributed by atoms with van der Waals surface area (Å²) in [4.78, 5) is 0. The van der Waals surface area contributed by atoms with Crippen molar-refractivity contribution < 1.29 is 18.1 Å². The van der Waals surface area contributed by atoms with E-state index in [-0.39, 0.29) is 0 Å². The van der Waals surface area contributed by atoms with Crippen LogP contribution in [0.1, 0.15) is 74.9 Å². The van der Waals surface area contributed by atoms with Gasteiger partial charge >= 0.3 is 7.82 Å². The highest BCUT2D eigenvalue weighted by Gasteiger charge is 2.38. The predicted octanol–water partition coefficient (Wildman–Crippen LogP) is 12.2. The first kappa shape index (κ1) is 32.7. The van der Waals surface area contributed by atoms with E-state index in [4.69, 9.17) is 13.6 Å². The molecule has 0 N–H and O–H groups in total. The minimum Gasteiger partial charge on any atom is -0.385 e. The molecule has 0 aromatic heterocycles. The monoisotopic (exact) mass is 644 g/mol. The summed E-state index contributed by atoms with van der Waals surface area (Å²) in [6, 6.07) is 31.0. The van der Waals surface area contributed by atoms with Crippen molar-refractivity contribution in [1.29, 1.82) is 0 Å². The zero-order chi connectivity index (χ0) is 33.1. The predicted molar refractivity (Wildman–Crippen MR) is 198 cm³/mol. The molecule has 0 unspecified atom stereocenters. The highest BCUT2D eigenvalue weighted by atomic mass is 31.2. The molecule has 0 fully saturated rings.